The van der Waals surface area contributed by atoms with Gasteiger partial charge in [0.05, 0.1) is 0 Å². The molecule has 0 aromatic carbocycles. The first-order valence-corrected chi connectivity index (χ1v) is 4.13. The van der Waals surface area contributed by atoms with Gasteiger partial charge in [-0.05, 0) is 12.1 Å². The van der Waals surface area contributed by atoms with Crippen LogP contribution in [-0.2, 0) is 11.0 Å². The van der Waals surface area contributed by atoms with Crippen LogP contribution in [0.2, 0.25) is 0 Å². The first kappa shape index (κ1) is 12.0. The van der Waals surface area contributed by atoms with Gasteiger partial charge in [0.25, 0.3) is 0 Å². The Morgan fingerprint density at radius 1 is 1.44 bits per heavy atom. The lowest BCUT2D eigenvalue weighted by atomic mass is 10.2. The lowest BCUT2D eigenvalue weighted by Crippen LogP contribution is -2.07. The number of nitrogens with zero attached hydrogens (tertiary/aromatic N) is 1. The zero-order valence-corrected chi connectivity index (χ0v) is 7.88. The van der Waals surface area contributed by atoms with E-state index in [-0.39, 0.29) is 12.0 Å². The van der Waals surface area contributed by atoms with E-state index in [1.54, 1.807) is 0 Å². The van der Waals surface area contributed by atoms with Gasteiger partial charge < -0.3 is 5.11 Å². The maximum Gasteiger partial charge on any atom is 0.433 e. The van der Waals surface area contributed by atoms with Crippen molar-refractivity contribution in [3.63, 3.8) is 0 Å². The second-order valence-electron chi connectivity index (χ2n) is 2.80. The average molecular weight is 229 g/mol. The number of rotatable bonds is 1. The molecule has 1 N–H and O–H groups in total. The van der Waals surface area contributed by atoms with Gasteiger partial charge in [0.15, 0.2) is 0 Å². The van der Waals surface area contributed by atoms with E-state index in [1.165, 1.54) is 0 Å². The third kappa shape index (κ3) is 3.61. The molecular formula is C10H6F3NO2. The van der Waals surface area contributed by atoms with Gasteiger partial charge in [0.2, 0.25) is 0 Å². The molecule has 1 heterocycles. The third-order valence-electron chi connectivity index (χ3n) is 1.53. The summed E-state index contributed by atoms with van der Waals surface area (Å²) >= 11 is 0. The third-order valence-corrected chi connectivity index (χ3v) is 1.53. The van der Waals surface area contributed by atoms with E-state index < -0.39 is 17.8 Å². The molecule has 0 spiro atoms. The van der Waals surface area contributed by atoms with Gasteiger partial charge in [0.1, 0.15) is 12.1 Å². The predicted molar refractivity (Wildman–Crippen MR) is 48.4 cm³/mol. The minimum atomic E-state index is -4.48. The lowest BCUT2D eigenvalue weighted by molar-refractivity contribution is -0.141. The van der Waals surface area contributed by atoms with Crippen LogP contribution in [0.1, 0.15) is 17.7 Å². The summed E-state index contributed by atoms with van der Waals surface area (Å²) in [6.07, 6.45) is -3.88. The minimum Gasteiger partial charge on any atom is -0.481 e. The van der Waals surface area contributed by atoms with E-state index in [1.807, 2.05) is 0 Å². The topological polar surface area (TPSA) is 50.2 Å². The highest BCUT2D eigenvalue weighted by Gasteiger charge is 2.31. The highest BCUT2D eigenvalue weighted by molar-refractivity contribution is 5.70. The van der Waals surface area contributed by atoms with Gasteiger partial charge in [-0.3, -0.25) is 9.78 Å². The molecule has 1 aromatic heterocycles. The SMILES string of the molecule is O=C(O)CC#Cc1ccc(C(F)(F)F)nc1. The number of carboxylic acids is 1. The summed E-state index contributed by atoms with van der Waals surface area (Å²) in [5.41, 5.74) is -0.759. The van der Waals surface area contributed by atoms with Crippen LogP contribution < -0.4 is 0 Å². The van der Waals surface area contributed by atoms with E-state index in [4.69, 9.17) is 5.11 Å². The van der Waals surface area contributed by atoms with Crippen LogP contribution in [0.25, 0.3) is 0 Å². The molecule has 0 bridgehead atoms. The lowest BCUT2D eigenvalue weighted by Gasteiger charge is -2.03. The maximum absolute atomic E-state index is 12.1. The van der Waals surface area contributed by atoms with Gasteiger partial charge in [-0.15, -0.1) is 0 Å². The number of hydrogen-bond donors (Lipinski definition) is 1. The molecule has 6 heteroatoms. The van der Waals surface area contributed by atoms with E-state index in [2.05, 4.69) is 16.8 Å². The van der Waals surface area contributed by atoms with Crippen molar-refractivity contribution in [1.82, 2.24) is 4.98 Å². The number of aliphatic carboxylic acids is 1. The van der Waals surface area contributed by atoms with Crippen molar-refractivity contribution in [3.05, 3.63) is 29.6 Å². The van der Waals surface area contributed by atoms with Crippen molar-refractivity contribution in [2.75, 3.05) is 0 Å². The molecular weight excluding hydrogens is 223 g/mol. The quantitative estimate of drug-likeness (QED) is 0.748. The molecule has 0 aliphatic heterocycles. The van der Waals surface area contributed by atoms with Gasteiger partial charge in [-0.2, -0.15) is 13.2 Å². The van der Waals surface area contributed by atoms with Crippen LogP contribution in [0, 0.1) is 11.8 Å². The number of pyridine rings is 1. The molecule has 16 heavy (non-hydrogen) atoms. The fourth-order valence-corrected chi connectivity index (χ4v) is 0.857. The molecule has 3 nitrogen and oxygen atoms in total. The number of carboxylic acid groups (broad SMARTS) is 1. The summed E-state index contributed by atoms with van der Waals surface area (Å²) in [5, 5.41) is 8.28. The fourth-order valence-electron chi connectivity index (χ4n) is 0.857. The van der Waals surface area contributed by atoms with Crippen LogP contribution >= 0.6 is 0 Å². The number of aromatic nitrogens is 1. The van der Waals surface area contributed by atoms with Gasteiger partial charge >= 0.3 is 12.1 Å². The smallest absolute Gasteiger partial charge is 0.433 e. The molecule has 0 aliphatic rings. The number of alkyl halides is 3. The molecule has 0 aliphatic carbocycles. The average Bonchev–Trinajstić information content (AvgIpc) is 2.16. The predicted octanol–water partition coefficient (Wildman–Crippen LogP) is 1.93. The Morgan fingerprint density at radius 3 is 2.56 bits per heavy atom. The highest BCUT2D eigenvalue weighted by atomic mass is 19.4. The second kappa shape index (κ2) is 4.66. The van der Waals surface area contributed by atoms with Crippen molar-refractivity contribution >= 4 is 5.97 Å². The standard InChI is InChI=1S/C10H6F3NO2/c11-10(12,13)8-5-4-7(6-14-8)2-1-3-9(15)16/h4-6H,3H2,(H,15,16). The molecule has 0 amide bonds. The Hall–Kier alpha value is -2.03. The summed E-state index contributed by atoms with van der Waals surface area (Å²) in [4.78, 5) is 13.3. The van der Waals surface area contributed by atoms with E-state index in [0.717, 1.165) is 18.3 Å². The van der Waals surface area contributed by atoms with Crippen molar-refractivity contribution in [2.24, 2.45) is 0 Å². The van der Waals surface area contributed by atoms with Crippen molar-refractivity contribution in [2.45, 2.75) is 12.6 Å². The van der Waals surface area contributed by atoms with Crippen molar-refractivity contribution in [3.8, 4) is 11.8 Å². The Morgan fingerprint density at radius 2 is 2.12 bits per heavy atom. The summed E-state index contributed by atoms with van der Waals surface area (Å²) in [5.74, 6) is 3.59. The Bertz CT molecular complexity index is 440. The summed E-state index contributed by atoms with van der Waals surface area (Å²) in [7, 11) is 0. The Balaban J connectivity index is 2.78. The monoisotopic (exact) mass is 229 g/mol. The molecule has 0 unspecified atom stereocenters. The van der Waals surface area contributed by atoms with E-state index in [0.29, 0.717) is 0 Å². The second-order valence-corrected chi connectivity index (χ2v) is 2.80. The Kier molecular flexibility index (Phi) is 3.51. The zero-order chi connectivity index (χ0) is 12.2. The van der Waals surface area contributed by atoms with Crippen LogP contribution in [0.4, 0.5) is 13.2 Å². The normalized spacial score (nSPS) is 10.4. The largest absolute Gasteiger partial charge is 0.481 e. The van der Waals surface area contributed by atoms with Crippen LogP contribution in [0.5, 0.6) is 0 Å². The van der Waals surface area contributed by atoms with Gasteiger partial charge in [-0.1, -0.05) is 11.8 Å². The maximum atomic E-state index is 12.1. The molecule has 1 rings (SSSR count). The van der Waals surface area contributed by atoms with Gasteiger partial charge in [-0.25, -0.2) is 0 Å². The van der Waals surface area contributed by atoms with E-state index >= 15 is 0 Å². The number of halogens is 3. The minimum absolute atomic E-state index is 0.245. The molecule has 0 saturated carbocycles. The first-order chi connectivity index (χ1) is 7.39. The molecule has 0 atom stereocenters. The van der Waals surface area contributed by atoms with Crippen molar-refractivity contribution < 1.29 is 23.1 Å². The van der Waals surface area contributed by atoms with E-state index in [9.17, 15) is 18.0 Å². The summed E-state index contributed by atoms with van der Waals surface area (Å²) in [6, 6.07) is 1.94. The summed E-state index contributed by atoms with van der Waals surface area (Å²) < 4.78 is 36.3. The van der Waals surface area contributed by atoms with Crippen molar-refractivity contribution in [1.29, 1.82) is 0 Å². The molecule has 0 radical (unpaired) electrons. The zero-order valence-electron chi connectivity index (χ0n) is 7.88. The first-order valence-electron chi connectivity index (χ1n) is 4.13. The number of hydrogen-bond acceptors (Lipinski definition) is 2. The molecule has 1 aromatic rings. The molecule has 84 valence electrons. The summed E-state index contributed by atoms with van der Waals surface area (Å²) in [6.45, 7) is 0. The molecule has 0 fully saturated rings. The highest BCUT2D eigenvalue weighted by Crippen LogP contribution is 2.26. The number of carbonyl (C=O) groups is 1. The van der Waals surface area contributed by atoms with Crippen LogP contribution in [0.15, 0.2) is 18.3 Å². The fraction of sp³-hybridized carbons (Fsp3) is 0.200. The van der Waals surface area contributed by atoms with Crippen LogP contribution in [-0.4, -0.2) is 16.1 Å². The van der Waals surface area contributed by atoms with Crippen LogP contribution in [0.3, 0.4) is 0 Å². The Labute approximate surface area is 88.9 Å². The van der Waals surface area contributed by atoms with Gasteiger partial charge in [0, 0.05) is 11.8 Å². The molecule has 0 saturated heterocycles.